The zero-order valence-electron chi connectivity index (χ0n) is 16.5. The van der Waals surface area contributed by atoms with Crippen molar-refractivity contribution in [2.45, 2.75) is 32.1 Å². The van der Waals surface area contributed by atoms with E-state index >= 15 is 0 Å². The van der Waals surface area contributed by atoms with Gasteiger partial charge in [-0.2, -0.15) is 4.98 Å². The summed E-state index contributed by atoms with van der Waals surface area (Å²) in [5.74, 6) is 1.13. The molecule has 0 aliphatic carbocycles. The van der Waals surface area contributed by atoms with Gasteiger partial charge in [-0.05, 0) is 56.2 Å². The van der Waals surface area contributed by atoms with Gasteiger partial charge in [0.25, 0.3) is 0 Å². The Labute approximate surface area is 170 Å². The number of carbonyl (C=O) groups excluding carboxylic acids is 1. The van der Waals surface area contributed by atoms with Crippen LogP contribution in [0, 0.1) is 6.92 Å². The van der Waals surface area contributed by atoms with Gasteiger partial charge in [0.1, 0.15) is 0 Å². The summed E-state index contributed by atoms with van der Waals surface area (Å²) in [5.41, 5.74) is 4.27. The molecule has 2 saturated heterocycles. The Morgan fingerprint density at radius 1 is 0.966 bits per heavy atom. The first-order chi connectivity index (χ1) is 14.2. The van der Waals surface area contributed by atoms with Crippen molar-refractivity contribution >= 4 is 17.3 Å². The number of carbonyl (C=O) groups is 1. The zero-order chi connectivity index (χ0) is 19.8. The van der Waals surface area contributed by atoms with Gasteiger partial charge in [-0.1, -0.05) is 22.9 Å². The van der Waals surface area contributed by atoms with Gasteiger partial charge in [0.15, 0.2) is 0 Å². The van der Waals surface area contributed by atoms with E-state index in [-0.39, 0.29) is 11.8 Å². The number of rotatable bonds is 4. The second-order valence-corrected chi connectivity index (χ2v) is 7.94. The Bertz CT molecular complexity index is 1000. The topological polar surface area (TPSA) is 62.5 Å². The first-order valence-corrected chi connectivity index (χ1v) is 10.2. The molecule has 29 heavy (non-hydrogen) atoms. The van der Waals surface area contributed by atoms with Gasteiger partial charge in [0.2, 0.25) is 17.6 Å². The maximum atomic E-state index is 12.5. The molecule has 1 atom stereocenters. The molecular formula is C23H24N4O2. The summed E-state index contributed by atoms with van der Waals surface area (Å²) in [6.45, 7) is 4.85. The lowest BCUT2D eigenvalue weighted by Crippen LogP contribution is -2.24. The van der Waals surface area contributed by atoms with Crippen LogP contribution in [0.2, 0.25) is 0 Å². The number of benzene rings is 2. The number of aromatic nitrogens is 2. The minimum atomic E-state index is -0.0751. The van der Waals surface area contributed by atoms with Crippen LogP contribution in [-0.4, -0.2) is 35.7 Å². The van der Waals surface area contributed by atoms with E-state index in [1.807, 2.05) is 43.3 Å². The standard InChI is InChI=1S/C23H24N4O2/c1-16-4-8-20(9-5-16)27-15-18(14-21(27)28)23-24-22(25-29-23)17-6-10-19(11-7-17)26-12-2-3-13-26/h4-11,18H,2-3,12-15H2,1H3/t18-/m1/s1. The lowest BCUT2D eigenvalue weighted by Gasteiger charge is -2.17. The van der Waals surface area contributed by atoms with Crippen LogP contribution in [0.4, 0.5) is 11.4 Å². The van der Waals surface area contributed by atoms with Crippen LogP contribution in [0.5, 0.6) is 0 Å². The molecule has 3 heterocycles. The fraction of sp³-hybridized carbons (Fsp3) is 0.348. The third-order valence-electron chi connectivity index (χ3n) is 5.86. The minimum absolute atomic E-state index is 0.0751. The van der Waals surface area contributed by atoms with Crippen molar-refractivity contribution < 1.29 is 9.32 Å². The average molecular weight is 388 g/mol. The largest absolute Gasteiger partial charge is 0.372 e. The molecule has 148 valence electrons. The van der Waals surface area contributed by atoms with Crippen molar-refractivity contribution in [1.82, 2.24) is 10.1 Å². The minimum Gasteiger partial charge on any atom is -0.372 e. The molecule has 0 spiro atoms. The summed E-state index contributed by atoms with van der Waals surface area (Å²) in [5, 5.41) is 4.16. The highest BCUT2D eigenvalue weighted by atomic mass is 16.5. The SMILES string of the molecule is Cc1ccc(N2C[C@H](c3nc(-c4ccc(N5CCCC5)cc4)no3)CC2=O)cc1. The summed E-state index contributed by atoms with van der Waals surface area (Å²) in [6, 6.07) is 16.3. The number of aryl methyl sites for hydroxylation is 1. The highest BCUT2D eigenvalue weighted by Gasteiger charge is 2.35. The van der Waals surface area contributed by atoms with Crippen molar-refractivity contribution in [3.8, 4) is 11.4 Å². The molecule has 0 saturated carbocycles. The summed E-state index contributed by atoms with van der Waals surface area (Å²) >= 11 is 0. The van der Waals surface area contributed by atoms with Crippen LogP contribution < -0.4 is 9.80 Å². The van der Waals surface area contributed by atoms with E-state index in [9.17, 15) is 4.79 Å². The van der Waals surface area contributed by atoms with E-state index in [0.29, 0.717) is 24.7 Å². The second kappa shape index (κ2) is 7.35. The predicted octanol–water partition coefficient (Wildman–Crippen LogP) is 4.17. The quantitative estimate of drug-likeness (QED) is 0.671. The Balaban J connectivity index is 1.31. The fourth-order valence-corrected chi connectivity index (χ4v) is 4.16. The monoisotopic (exact) mass is 388 g/mol. The van der Waals surface area contributed by atoms with Crippen molar-refractivity contribution in [2.24, 2.45) is 0 Å². The molecular weight excluding hydrogens is 364 g/mol. The molecule has 1 aromatic heterocycles. The van der Waals surface area contributed by atoms with Crippen molar-refractivity contribution in [2.75, 3.05) is 29.4 Å². The number of hydrogen-bond donors (Lipinski definition) is 0. The lowest BCUT2D eigenvalue weighted by molar-refractivity contribution is -0.117. The molecule has 2 aliphatic heterocycles. The van der Waals surface area contributed by atoms with E-state index in [1.165, 1.54) is 24.1 Å². The van der Waals surface area contributed by atoms with Gasteiger partial charge in [-0.25, -0.2) is 0 Å². The summed E-state index contributed by atoms with van der Waals surface area (Å²) in [6.07, 6.45) is 2.91. The first kappa shape index (κ1) is 17.9. The Hall–Kier alpha value is -3.15. The Morgan fingerprint density at radius 2 is 1.66 bits per heavy atom. The first-order valence-electron chi connectivity index (χ1n) is 10.2. The van der Waals surface area contributed by atoms with Crippen LogP contribution in [-0.2, 0) is 4.79 Å². The molecule has 2 fully saturated rings. The van der Waals surface area contributed by atoms with Crippen LogP contribution in [0.25, 0.3) is 11.4 Å². The molecule has 1 amide bonds. The fourth-order valence-electron chi connectivity index (χ4n) is 4.16. The molecule has 6 heteroatoms. The van der Waals surface area contributed by atoms with E-state index in [0.717, 1.165) is 24.3 Å². The molecule has 6 nitrogen and oxygen atoms in total. The molecule has 0 N–H and O–H groups in total. The second-order valence-electron chi connectivity index (χ2n) is 7.94. The van der Waals surface area contributed by atoms with Gasteiger partial charge in [0.05, 0.1) is 5.92 Å². The lowest BCUT2D eigenvalue weighted by atomic mass is 10.1. The third kappa shape index (κ3) is 3.50. The van der Waals surface area contributed by atoms with E-state index in [1.54, 1.807) is 4.90 Å². The Morgan fingerprint density at radius 3 is 2.38 bits per heavy atom. The molecule has 3 aromatic rings. The van der Waals surface area contributed by atoms with E-state index in [4.69, 9.17) is 4.52 Å². The molecule has 0 unspecified atom stereocenters. The predicted molar refractivity (Wildman–Crippen MR) is 112 cm³/mol. The van der Waals surface area contributed by atoms with Gasteiger partial charge < -0.3 is 14.3 Å². The maximum Gasteiger partial charge on any atom is 0.232 e. The smallest absolute Gasteiger partial charge is 0.232 e. The summed E-state index contributed by atoms with van der Waals surface area (Å²) < 4.78 is 5.53. The third-order valence-corrected chi connectivity index (χ3v) is 5.86. The highest BCUT2D eigenvalue weighted by Crippen LogP contribution is 2.32. The van der Waals surface area contributed by atoms with Gasteiger partial charge in [-0.15, -0.1) is 0 Å². The average Bonchev–Trinajstić information content (AvgIpc) is 3.50. The normalized spacial score (nSPS) is 19.3. The van der Waals surface area contributed by atoms with Crippen molar-refractivity contribution in [3.63, 3.8) is 0 Å². The highest BCUT2D eigenvalue weighted by molar-refractivity contribution is 5.96. The molecule has 2 aromatic carbocycles. The molecule has 2 aliphatic rings. The van der Waals surface area contributed by atoms with Crippen molar-refractivity contribution in [1.29, 1.82) is 0 Å². The summed E-state index contributed by atoms with van der Waals surface area (Å²) in [4.78, 5) is 21.3. The van der Waals surface area contributed by atoms with Gasteiger partial charge in [0, 0.05) is 43.0 Å². The van der Waals surface area contributed by atoms with E-state index < -0.39 is 0 Å². The van der Waals surface area contributed by atoms with Crippen LogP contribution in [0.1, 0.15) is 36.6 Å². The van der Waals surface area contributed by atoms with Crippen LogP contribution >= 0.6 is 0 Å². The van der Waals surface area contributed by atoms with Crippen LogP contribution in [0.15, 0.2) is 53.1 Å². The van der Waals surface area contributed by atoms with Crippen molar-refractivity contribution in [3.05, 3.63) is 60.0 Å². The summed E-state index contributed by atoms with van der Waals surface area (Å²) in [7, 11) is 0. The molecule has 5 rings (SSSR count). The Kier molecular flexibility index (Phi) is 4.54. The van der Waals surface area contributed by atoms with Gasteiger partial charge in [-0.3, -0.25) is 4.79 Å². The van der Waals surface area contributed by atoms with Crippen LogP contribution in [0.3, 0.4) is 0 Å². The number of anilines is 2. The van der Waals surface area contributed by atoms with E-state index in [2.05, 4.69) is 27.2 Å². The zero-order valence-corrected chi connectivity index (χ0v) is 16.5. The number of nitrogens with zero attached hydrogens (tertiary/aromatic N) is 4. The molecule has 0 radical (unpaired) electrons. The maximum absolute atomic E-state index is 12.5. The molecule has 0 bridgehead atoms. The van der Waals surface area contributed by atoms with Gasteiger partial charge >= 0.3 is 0 Å². The number of amides is 1. The number of hydrogen-bond acceptors (Lipinski definition) is 5.